The highest BCUT2D eigenvalue weighted by Crippen LogP contribution is 2.13. The summed E-state index contributed by atoms with van der Waals surface area (Å²) in [6, 6.07) is 8.45. The topological polar surface area (TPSA) is 47.3 Å². The van der Waals surface area contributed by atoms with Crippen molar-refractivity contribution in [2.45, 2.75) is 33.0 Å². The van der Waals surface area contributed by atoms with E-state index in [1.807, 2.05) is 19.9 Å². The van der Waals surface area contributed by atoms with Crippen LogP contribution in [0.1, 0.15) is 35.7 Å². The summed E-state index contributed by atoms with van der Waals surface area (Å²) in [5.74, 6) is 1.57. The lowest BCUT2D eigenvalue weighted by atomic mass is 10.1. The van der Waals surface area contributed by atoms with E-state index in [-0.39, 0.29) is 6.04 Å². The first-order valence-electron chi connectivity index (χ1n) is 6.41. The lowest BCUT2D eigenvalue weighted by Crippen LogP contribution is -2.18. The van der Waals surface area contributed by atoms with Gasteiger partial charge in [0.1, 0.15) is 5.76 Å². The predicted molar refractivity (Wildman–Crippen MR) is 73.6 cm³/mol. The molecular weight excluding hydrogens is 240 g/mol. The summed E-state index contributed by atoms with van der Waals surface area (Å²) in [6.45, 7) is 5.37. The Morgan fingerprint density at radius 2 is 2.16 bits per heavy atom. The summed E-state index contributed by atoms with van der Waals surface area (Å²) in [5.41, 5.74) is 2.41. The second-order valence-corrected chi connectivity index (χ2v) is 4.66. The van der Waals surface area contributed by atoms with Gasteiger partial charge in [-0.05, 0) is 25.0 Å². The summed E-state index contributed by atoms with van der Waals surface area (Å²) >= 11 is 0. The largest absolute Gasteiger partial charge is 0.444 e. The van der Waals surface area contributed by atoms with Crippen LogP contribution in [0.15, 0.2) is 34.9 Å². The molecule has 1 heterocycles. The third-order valence-electron chi connectivity index (χ3n) is 2.92. The Morgan fingerprint density at radius 3 is 2.84 bits per heavy atom. The molecule has 1 aromatic carbocycles. The highest BCUT2D eigenvalue weighted by molar-refractivity contribution is 5.23. The third-order valence-corrected chi connectivity index (χ3v) is 2.92. The first-order valence-corrected chi connectivity index (χ1v) is 6.41. The molecule has 0 fully saturated rings. The van der Waals surface area contributed by atoms with E-state index in [1.54, 1.807) is 13.3 Å². The van der Waals surface area contributed by atoms with Crippen LogP contribution in [0.4, 0.5) is 0 Å². The van der Waals surface area contributed by atoms with Crippen molar-refractivity contribution in [3.8, 4) is 0 Å². The predicted octanol–water partition coefficient (Wildman–Crippen LogP) is 2.98. The number of ether oxygens (including phenoxy) is 1. The Balaban J connectivity index is 1.93. The quantitative estimate of drug-likeness (QED) is 0.867. The molecule has 1 atom stereocenters. The van der Waals surface area contributed by atoms with E-state index in [2.05, 4.69) is 28.5 Å². The number of oxazole rings is 1. The van der Waals surface area contributed by atoms with E-state index in [1.165, 1.54) is 11.1 Å². The van der Waals surface area contributed by atoms with Crippen molar-refractivity contribution >= 4 is 0 Å². The Labute approximate surface area is 113 Å². The van der Waals surface area contributed by atoms with Crippen LogP contribution in [0, 0.1) is 6.92 Å². The number of methoxy groups -OCH3 is 1. The zero-order valence-electron chi connectivity index (χ0n) is 11.6. The van der Waals surface area contributed by atoms with Gasteiger partial charge in [-0.2, -0.15) is 0 Å². The molecule has 4 nitrogen and oxygen atoms in total. The molecule has 0 bridgehead atoms. The summed E-state index contributed by atoms with van der Waals surface area (Å²) in [6.07, 6.45) is 1.74. The van der Waals surface area contributed by atoms with Gasteiger partial charge in [-0.15, -0.1) is 0 Å². The van der Waals surface area contributed by atoms with Crippen molar-refractivity contribution in [3.05, 3.63) is 53.2 Å². The average Bonchev–Trinajstić information content (AvgIpc) is 2.84. The van der Waals surface area contributed by atoms with Crippen LogP contribution in [-0.2, 0) is 17.9 Å². The first-order chi connectivity index (χ1) is 9.19. The maximum Gasteiger partial charge on any atom is 0.211 e. The van der Waals surface area contributed by atoms with Crippen molar-refractivity contribution in [1.29, 1.82) is 0 Å². The molecule has 0 saturated carbocycles. The molecule has 19 heavy (non-hydrogen) atoms. The fraction of sp³-hybridized carbons (Fsp3) is 0.400. The van der Waals surface area contributed by atoms with E-state index < -0.39 is 0 Å². The van der Waals surface area contributed by atoms with Gasteiger partial charge in [0.2, 0.25) is 5.89 Å². The molecule has 1 aromatic heterocycles. The van der Waals surface area contributed by atoms with Crippen LogP contribution in [0.5, 0.6) is 0 Å². The zero-order chi connectivity index (χ0) is 13.7. The lowest BCUT2D eigenvalue weighted by Gasteiger charge is -2.11. The highest BCUT2D eigenvalue weighted by atomic mass is 16.5. The van der Waals surface area contributed by atoms with E-state index in [0.29, 0.717) is 6.61 Å². The molecule has 2 rings (SSSR count). The van der Waals surface area contributed by atoms with Gasteiger partial charge in [-0.1, -0.05) is 24.3 Å². The molecule has 0 saturated heterocycles. The maximum atomic E-state index is 5.50. The standard InChI is InChI=1S/C15H20N2O2/c1-11-8-17-15(19-11)12(2)16-9-13-5-4-6-14(7-13)10-18-3/h4-8,12,16H,9-10H2,1-3H3. The number of nitrogens with one attached hydrogen (secondary N) is 1. The van der Waals surface area contributed by atoms with Crippen molar-refractivity contribution in [2.75, 3.05) is 7.11 Å². The van der Waals surface area contributed by atoms with E-state index in [9.17, 15) is 0 Å². The molecule has 0 amide bonds. The number of nitrogens with zero attached hydrogens (tertiary/aromatic N) is 1. The number of hydrogen-bond donors (Lipinski definition) is 1. The zero-order valence-corrected chi connectivity index (χ0v) is 11.6. The smallest absolute Gasteiger partial charge is 0.211 e. The van der Waals surface area contributed by atoms with E-state index >= 15 is 0 Å². The van der Waals surface area contributed by atoms with Crippen molar-refractivity contribution in [1.82, 2.24) is 10.3 Å². The molecule has 0 radical (unpaired) electrons. The molecule has 4 heteroatoms. The average molecular weight is 260 g/mol. The Hall–Kier alpha value is -1.65. The summed E-state index contributed by atoms with van der Waals surface area (Å²) < 4.78 is 10.6. The fourth-order valence-electron chi connectivity index (χ4n) is 1.93. The van der Waals surface area contributed by atoms with Gasteiger partial charge in [0.15, 0.2) is 0 Å². The molecule has 0 spiro atoms. The third kappa shape index (κ3) is 3.91. The van der Waals surface area contributed by atoms with Crippen LogP contribution < -0.4 is 5.32 Å². The van der Waals surface area contributed by atoms with Gasteiger partial charge in [-0.3, -0.25) is 0 Å². The van der Waals surface area contributed by atoms with Crippen LogP contribution in [0.25, 0.3) is 0 Å². The normalized spacial score (nSPS) is 12.6. The Bertz CT molecular complexity index is 522. The van der Waals surface area contributed by atoms with Crippen molar-refractivity contribution in [2.24, 2.45) is 0 Å². The van der Waals surface area contributed by atoms with Crippen LogP contribution in [-0.4, -0.2) is 12.1 Å². The number of benzene rings is 1. The molecule has 1 unspecified atom stereocenters. The van der Waals surface area contributed by atoms with Gasteiger partial charge < -0.3 is 14.5 Å². The SMILES string of the molecule is COCc1cccc(CNC(C)c2ncc(C)o2)c1. The molecule has 2 aromatic rings. The summed E-state index contributed by atoms with van der Waals surface area (Å²) in [5, 5.41) is 3.40. The summed E-state index contributed by atoms with van der Waals surface area (Å²) in [4.78, 5) is 4.23. The highest BCUT2D eigenvalue weighted by Gasteiger charge is 2.10. The molecular formula is C15H20N2O2. The van der Waals surface area contributed by atoms with Gasteiger partial charge >= 0.3 is 0 Å². The number of aryl methyl sites for hydroxylation is 1. The van der Waals surface area contributed by atoms with E-state index in [4.69, 9.17) is 9.15 Å². The van der Waals surface area contributed by atoms with Crippen LogP contribution in [0.2, 0.25) is 0 Å². The molecule has 0 aliphatic carbocycles. The fourth-order valence-corrected chi connectivity index (χ4v) is 1.93. The molecule has 1 N–H and O–H groups in total. The first kappa shape index (κ1) is 13.8. The van der Waals surface area contributed by atoms with E-state index in [0.717, 1.165) is 18.2 Å². The van der Waals surface area contributed by atoms with Gasteiger partial charge in [-0.25, -0.2) is 4.98 Å². The van der Waals surface area contributed by atoms with Gasteiger partial charge in [0.25, 0.3) is 0 Å². The molecule has 0 aliphatic heterocycles. The van der Waals surface area contributed by atoms with Crippen LogP contribution >= 0.6 is 0 Å². The van der Waals surface area contributed by atoms with Gasteiger partial charge in [0.05, 0.1) is 18.8 Å². The van der Waals surface area contributed by atoms with Gasteiger partial charge in [0, 0.05) is 13.7 Å². The minimum atomic E-state index is 0.0970. The summed E-state index contributed by atoms with van der Waals surface area (Å²) in [7, 11) is 1.71. The number of rotatable bonds is 6. The van der Waals surface area contributed by atoms with Crippen molar-refractivity contribution < 1.29 is 9.15 Å². The lowest BCUT2D eigenvalue weighted by molar-refractivity contribution is 0.185. The molecule has 102 valence electrons. The number of hydrogen-bond acceptors (Lipinski definition) is 4. The Morgan fingerprint density at radius 1 is 1.37 bits per heavy atom. The minimum absolute atomic E-state index is 0.0970. The minimum Gasteiger partial charge on any atom is -0.444 e. The Kier molecular flexibility index (Phi) is 4.71. The second kappa shape index (κ2) is 6.50. The molecule has 0 aliphatic rings. The maximum absolute atomic E-state index is 5.50. The van der Waals surface area contributed by atoms with Crippen LogP contribution in [0.3, 0.4) is 0 Å². The monoisotopic (exact) mass is 260 g/mol. The van der Waals surface area contributed by atoms with Crippen molar-refractivity contribution in [3.63, 3.8) is 0 Å². The second-order valence-electron chi connectivity index (χ2n) is 4.66. The number of aromatic nitrogens is 1.